The second-order valence-corrected chi connectivity index (χ2v) is 7.10. The summed E-state index contributed by atoms with van der Waals surface area (Å²) in [5.41, 5.74) is 5.78. The highest BCUT2D eigenvalue weighted by molar-refractivity contribution is 5.90. The van der Waals surface area contributed by atoms with Gasteiger partial charge in [0.15, 0.2) is 5.65 Å². The normalized spacial score (nSPS) is 20.7. The van der Waals surface area contributed by atoms with Crippen molar-refractivity contribution in [3.8, 4) is 11.4 Å². The van der Waals surface area contributed by atoms with Gasteiger partial charge in [0.2, 0.25) is 0 Å². The second kappa shape index (κ2) is 7.05. The number of hydrogen-bond acceptors (Lipinski definition) is 5. The number of halogens is 3. The highest BCUT2D eigenvalue weighted by Crippen LogP contribution is 2.38. The molecular formula is C19H21F3N6. The number of H-pyrrole nitrogens is 1. The van der Waals surface area contributed by atoms with Crippen molar-refractivity contribution in [2.45, 2.75) is 32.0 Å². The van der Waals surface area contributed by atoms with E-state index in [0.29, 0.717) is 35.9 Å². The zero-order valence-electron chi connectivity index (χ0n) is 15.4. The molecule has 148 valence electrons. The molecule has 28 heavy (non-hydrogen) atoms. The molecule has 9 heteroatoms. The molecule has 0 radical (unpaired) electrons. The van der Waals surface area contributed by atoms with Crippen LogP contribution in [-0.4, -0.2) is 39.3 Å². The fourth-order valence-electron chi connectivity index (χ4n) is 3.77. The Hall–Kier alpha value is -2.68. The van der Waals surface area contributed by atoms with Gasteiger partial charge in [-0.25, -0.2) is 9.97 Å². The van der Waals surface area contributed by atoms with E-state index in [4.69, 9.17) is 5.73 Å². The van der Waals surface area contributed by atoms with Crippen LogP contribution in [0.5, 0.6) is 0 Å². The van der Waals surface area contributed by atoms with Crippen molar-refractivity contribution >= 4 is 16.9 Å². The summed E-state index contributed by atoms with van der Waals surface area (Å²) in [6.07, 6.45) is -1.28. The van der Waals surface area contributed by atoms with Gasteiger partial charge in [-0.1, -0.05) is 13.3 Å². The summed E-state index contributed by atoms with van der Waals surface area (Å²) in [5, 5.41) is 7.21. The van der Waals surface area contributed by atoms with Crippen LogP contribution in [0.1, 0.15) is 25.3 Å². The molecule has 3 aromatic heterocycles. The number of rotatable bonds is 3. The fraction of sp³-hybridized carbons (Fsp3) is 0.421. The maximum atomic E-state index is 13.7. The molecule has 0 aliphatic carbocycles. The Kier molecular flexibility index (Phi) is 4.70. The first kappa shape index (κ1) is 18.7. The number of hydrogen-bond donors (Lipinski definition) is 2. The van der Waals surface area contributed by atoms with Gasteiger partial charge in [0.1, 0.15) is 11.5 Å². The molecule has 0 aromatic carbocycles. The molecule has 3 aromatic rings. The molecule has 0 saturated carbocycles. The topological polar surface area (TPSA) is 83.7 Å². The van der Waals surface area contributed by atoms with E-state index in [-0.39, 0.29) is 17.4 Å². The number of anilines is 1. The highest BCUT2D eigenvalue weighted by Gasteiger charge is 2.36. The van der Waals surface area contributed by atoms with Crippen LogP contribution in [0.4, 0.5) is 19.0 Å². The average Bonchev–Trinajstić information content (AvgIpc) is 3.11. The number of aromatic amines is 1. The maximum absolute atomic E-state index is 13.7. The number of nitrogens with zero attached hydrogens (tertiary/aromatic N) is 4. The molecule has 1 saturated heterocycles. The van der Waals surface area contributed by atoms with Crippen LogP contribution in [0.15, 0.2) is 30.5 Å². The quantitative estimate of drug-likeness (QED) is 0.714. The van der Waals surface area contributed by atoms with Gasteiger partial charge in [0.05, 0.1) is 11.3 Å². The van der Waals surface area contributed by atoms with Crippen molar-refractivity contribution in [2.24, 2.45) is 11.7 Å². The Balaban J connectivity index is 1.81. The molecule has 1 fully saturated rings. The minimum atomic E-state index is -4.53. The smallest absolute Gasteiger partial charge is 0.356 e. The number of fused-ring (bicyclic) bond motifs is 1. The molecule has 1 aliphatic rings. The molecule has 1 aliphatic heterocycles. The summed E-state index contributed by atoms with van der Waals surface area (Å²) in [4.78, 5) is 10.5. The van der Waals surface area contributed by atoms with Crippen LogP contribution in [-0.2, 0) is 6.18 Å². The van der Waals surface area contributed by atoms with Crippen LogP contribution in [0.3, 0.4) is 0 Å². The highest BCUT2D eigenvalue weighted by atomic mass is 19.4. The molecule has 0 amide bonds. The van der Waals surface area contributed by atoms with Crippen molar-refractivity contribution in [2.75, 3.05) is 18.0 Å². The van der Waals surface area contributed by atoms with Crippen LogP contribution in [0, 0.1) is 5.92 Å². The van der Waals surface area contributed by atoms with Gasteiger partial charge in [0.25, 0.3) is 0 Å². The number of pyridine rings is 2. The van der Waals surface area contributed by atoms with E-state index in [2.05, 4.69) is 27.1 Å². The van der Waals surface area contributed by atoms with Gasteiger partial charge >= 0.3 is 6.18 Å². The summed E-state index contributed by atoms with van der Waals surface area (Å²) < 4.78 is 41.0. The third kappa shape index (κ3) is 3.30. The van der Waals surface area contributed by atoms with E-state index in [1.807, 2.05) is 4.90 Å². The second-order valence-electron chi connectivity index (χ2n) is 7.10. The Morgan fingerprint density at radius 3 is 2.86 bits per heavy atom. The van der Waals surface area contributed by atoms with Crippen molar-refractivity contribution < 1.29 is 13.2 Å². The number of aromatic nitrogens is 4. The minimum Gasteiger partial charge on any atom is -0.356 e. The Bertz CT molecular complexity index is 983. The predicted octanol–water partition coefficient (Wildman–Crippen LogP) is 3.60. The third-order valence-corrected chi connectivity index (χ3v) is 5.39. The number of alkyl halides is 3. The summed E-state index contributed by atoms with van der Waals surface area (Å²) in [6, 6.07) is 5.99. The minimum absolute atomic E-state index is 0.109. The molecule has 3 N–H and O–H groups in total. The van der Waals surface area contributed by atoms with Crippen LogP contribution >= 0.6 is 0 Å². The van der Waals surface area contributed by atoms with E-state index < -0.39 is 11.7 Å². The lowest BCUT2D eigenvalue weighted by molar-refractivity contribution is -0.137. The van der Waals surface area contributed by atoms with E-state index >= 15 is 0 Å². The molecule has 4 heterocycles. The van der Waals surface area contributed by atoms with E-state index in [9.17, 15) is 13.2 Å². The van der Waals surface area contributed by atoms with Crippen molar-refractivity contribution in [3.05, 3.63) is 36.0 Å². The largest absolute Gasteiger partial charge is 0.418 e. The van der Waals surface area contributed by atoms with Gasteiger partial charge in [-0.15, -0.1) is 0 Å². The molecular weight excluding hydrogens is 369 g/mol. The molecule has 0 spiro atoms. The molecule has 6 nitrogen and oxygen atoms in total. The predicted molar refractivity (Wildman–Crippen MR) is 101 cm³/mol. The Morgan fingerprint density at radius 2 is 2.11 bits per heavy atom. The third-order valence-electron chi connectivity index (χ3n) is 5.39. The van der Waals surface area contributed by atoms with Crippen molar-refractivity contribution in [1.29, 1.82) is 0 Å². The first-order chi connectivity index (χ1) is 13.4. The van der Waals surface area contributed by atoms with E-state index in [0.717, 1.165) is 18.9 Å². The fourth-order valence-corrected chi connectivity index (χ4v) is 3.77. The monoisotopic (exact) mass is 390 g/mol. The SMILES string of the molecule is CCC1CN(c2ccc(C(F)(F)F)c(-c3[nH]nc4ncccc34)n2)CCC1N. The summed E-state index contributed by atoms with van der Waals surface area (Å²) in [5.74, 6) is 0.804. The molecule has 0 bridgehead atoms. The van der Waals surface area contributed by atoms with Crippen LogP contribution in [0.25, 0.3) is 22.4 Å². The zero-order valence-corrected chi connectivity index (χ0v) is 15.4. The zero-order chi connectivity index (χ0) is 19.9. The van der Waals surface area contributed by atoms with Gasteiger partial charge in [-0.2, -0.15) is 18.3 Å². The number of nitrogens with two attached hydrogens (primary N) is 1. The summed E-state index contributed by atoms with van der Waals surface area (Å²) in [6.45, 7) is 3.42. The van der Waals surface area contributed by atoms with E-state index in [1.165, 1.54) is 6.07 Å². The average molecular weight is 390 g/mol. The lowest BCUT2D eigenvalue weighted by Gasteiger charge is -2.37. The number of piperidine rings is 1. The van der Waals surface area contributed by atoms with Crippen molar-refractivity contribution in [3.63, 3.8) is 0 Å². The first-order valence-corrected chi connectivity index (χ1v) is 9.26. The lowest BCUT2D eigenvalue weighted by atomic mass is 9.90. The molecule has 4 rings (SSSR count). The van der Waals surface area contributed by atoms with Gasteiger partial charge in [-0.3, -0.25) is 5.10 Å². The van der Waals surface area contributed by atoms with Crippen LogP contribution in [0.2, 0.25) is 0 Å². The summed E-state index contributed by atoms with van der Waals surface area (Å²) in [7, 11) is 0. The number of nitrogens with one attached hydrogen (secondary N) is 1. The Morgan fingerprint density at radius 1 is 1.29 bits per heavy atom. The lowest BCUT2D eigenvalue weighted by Crippen LogP contribution is -2.47. The molecule has 2 unspecified atom stereocenters. The van der Waals surface area contributed by atoms with Gasteiger partial charge in [0, 0.05) is 30.7 Å². The van der Waals surface area contributed by atoms with Gasteiger partial charge < -0.3 is 10.6 Å². The maximum Gasteiger partial charge on any atom is 0.418 e. The Labute approximate surface area is 160 Å². The molecule has 2 atom stereocenters. The standard InChI is InChI=1S/C19H21F3N6/c1-2-11-10-28(9-7-14(11)23)15-6-5-13(19(20,21)22)17(25-15)16-12-4-3-8-24-18(12)27-26-16/h3-6,8,11,14H,2,7,9-10,23H2,1H3,(H,24,26,27). The van der Waals surface area contributed by atoms with Gasteiger partial charge in [-0.05, 0) is 36.6 Å². The first-order valence-electron chi connectivity index (χ1n) is 9.26. The summed E-state index contributed by atoms with van der Waals surface area (Å²) >= 11 is 0. The van der Waals surface area contributed by atoms with Crippen LogP contribution < -0.4 is 10.6 Å². The van der Waals surface area contributed by atoms with E-state index in [1.54, 1.807) is 18.3 Å². The van der Waals surface area contributed by atoms with Crippen molar-refractivity contribution in [1.82, 2.24) is 20.2 Å².